The number of pyridine rings is 2. The van der Waals surface area contributed by atoms with Crippen molar-refractivity contribution in [3.63, 3.8) is 0 Å². The molecule has 1 aromatic carbocycles. The van der Waals surface area contributed by atoms with Crippen molar-refractivity contribution in [3.8, 4) is 17.1 Å². The lowest BCUT2D eigenvalue weighted by atomic mass is 9.83. The molecule has 7 nitrogen and oxygen atoms in total. The van der Waals surface area contributed by atoms with Crippen LogP contribution in [-0.2, 0) is 23.5 Å². The molecule has 0 radical (unpaired) electrons. The predicted octanol–water partition coefficient (Wildman–Crippen LogP) is 2.44. The van der Waals surface area contributed by atoms with Crippen LogP contribution in [0.2, 0.25) is 0 Å². The van der Waals surface area contributed by atoms with Gasteiger partial charge in [0.05, 0.1) is 36.1 Å². The standard InChI is InChI=1S/C23H22N2O5/c1-4-23(28)17-9-19-20-14(7-13-8-15(29-3)5-6-18(13)24-20)10-25(19)22(27)16(17)11-30-12(2)21(23)26/h5-9,21,26,28H,2,4,10-11H2,1,3H3/t21-,23-/m0/s1. The fourth-order valence-electron chi connectivity index (χ4n) is 4.45. The van der Waals surface area contributed by atoms with Crippen molar-refractivity contribution >= 4 is 10.9 Å². The quantitative estimate of drug-likeness (QED) is 0.531. The van der Waals surface area contributed by atoms with Crippen LogP contribution in [0.5, 0.6) is 5.75 Å². The van der Waals surface area contributed by atoms with E-state index in [2.05, 4.69) is 6.58 Å². The summed E-state index contributed by atoms with van der Waals surface area (Å²) in [6, 6.07) is 9.41. The molecule has 0 bridgehead atoms. The van der Waals surface area contributed by atoms with E-state index in [0.717, 1.165) is 22.2 Å². The zero-order valence-corrected chi connectivity index (χ0v) is 16.8. The summed E-state index contributed by atoms with van der Waals surface area (Å²) in [5.74, 6) is 0.793. The molecular weight excluding hydrogens is 384 g/mol. The average molecular weight is 406 g/mol. The van der Waals surface area contributed by atoms with E-state index in [-0.39, 0.29) is 24.3 Å². The molecule has 0 fully saturated rings. The minimum atomic E-state index is -1.66. The summed E-state index contributed by atoms with van der Waals surface area (Å²) in [7, 11) is 1.62. The first-order chi connectivity index (χ1) is 14.4. The number of aliphatic hydroxyl groups is 2. The summed E-state index contributed by atoms with van der Waals surface area (Å²) in [5, 5.41) is 22.9. The molecule has 2 aliphatic rings. The predicted molar refractivity (Wildman–Crippen MR) is 111 cm³/mol. The Morgan fingerprint density at radius 3 is 2.90 bits per heavy atom. The molecule has 0 aliphatic carbocycles. The number of hydrogen-bond donors (Lipinski definition) is 2. The maximum absolute atomic E-state index is 13.4. The van der Waals surface area contributed by atoms with Gasteiger partial charge in [-0.2, -0.15) is 0 Å². The molecule has 2 aliphatic heterocycles. The summed E-state index contributed by atoms with van der Waals surface area (Å²) in [6.45, 7) is 5.80. The molecule has 0 amide bonds. The van der Waals surface area contributed by atoms with Gasteiger partial charge < -0.3 is 24.3 Å². The van der Waals surface area contributed by atoms with E-state index in [1.807, 2.05) is 24.3 Å². The molecule has 4 heterocycles. The lowest BCUT2D eigenvalue weighted by molar-refractivity contribution is -0.0808. The maximum atomic E-state index is 13.4. The Labute approximate surface area is 172 Å². The number of fused-ring (bicyclic) bond motifs is 5. The Bertz CT molecular complexity index is 1280. The second kappa shape index (κ2) is 6.42. The van der Waals surface area contributed by atoms with Crippen molar-refractivity contribution in [1.29, 1.82) is 0 Å². The van der Waals surface area contributed by atoms with Crippen LogP contribution in [0.1, 0.15) is 30.0 Å². The van der Waals surface area contributed by atoms with Gasteiger partial charge >= 0.3 is 0 Å². The van der Waals surface area contributed by atoms with Gasteiger partial charge in [0.2, 0.25) is 0 Å². The van der Waals surface area contributed by atoms with Gasteiger partial charge in [-0.1, -0.05) is 13.5 Å². The second-order valence-electron chi connectivity index (χ2n) is 7.80. The average Bonchev–Trinajstić information content (AvgIpc) is 3.08. The summed E-state index contributed by atoms with van der Waals surface area (Å²) in [5.41, 5.74) is 1.81. The Balaban J connectivity index is 1.76. The zero-order valence-electron chi connectivity index (χ0n) is 16.8. The van der Waals surface area contributed by atoms with Gasteiger partial charge in [0.1, 0.15) is 29.8 Å². The number of ether oxygens (including phenoxy) is 2. The number of aromatic nitrogens is 2. The van der Waals surface area contributed by atoms with Crippen LogP contribution in [-0.4, -0.2) is 33.0 Å². The van der Waals surface area contributed by atoms with Gasteiger partial charge in [-0.15, -0.1) is 0 Å². The van der Waals surface area contributed by atoms with E-state index in [0.29, 0.717) is 29.1 Å². The molecule has 7 heteroatoms. The fourth-order valence-corrected chi connectivity index (χ4v) is 4.45. The van der Waals surface area contributed by atoms with Crippen molar-refractivity contribution in [2.45, 2.75) is 38.2 Å². The highest BCUT2D eigenvalue weighted by molar-refractivity contribution is 5.85. The van der Waals surface area contributed by atoms with Gasteiger partial charge in [0.15, 0.2) is 0 Å². The Kier molecular flexibility index (Phi) is 4.03. The molecule has 0 saturated carbocycles. The first-order valence-corrected chi connectivity index (χ1v) is 9.84. The molecule has 0 unspecified atom stereocenters. The van der Waals surface area contributed by atoms with E-state index in [1.165, 1.54) is 0 Å². The van der Waals surface area contributed by atoms with Crippen molar-refractivity contribution in [1.82, 2.24) is 9.55 Å². The first kappa shape index (κ1) is 18.8. The molecule has 2 N–H and O–H groups in total. The van der Waals surface area contributed by atoms with Crippen LogP contribution in [0, 0.1) is 0 Å². The lowest BCUT2D eigenvalue weighted by Gasteiger charge is -2.31. The normalized spacial score (nSPS) is 22.1. The maximum Gasteiger partial charge on any atom is 0.258 e. The number of benzene rings is 1. The molecule has 2 atom stereocenters. The van der Waals surface area contributed by atoms with Gasteiger partial charge in [-0.25, -0.2) is 4.98 Å². The highest BCUT2D eigenvalue weighted by atomic mass is 16.5. The van der Waals surface area contributed by atoms with Crippen molar-refractivity contribution < 1.29 is 19.7 Å². The SMILES string of the molecule is C=C1OCc2c(cc3n(c2=O)Cc2cc4cc(OC)ccc4nc2-3)[C@@](O)(CC)[C@H]1O. The summed E-state index contributed by atoms with van der Waals surface area (Å²) >= 11 is 0. The Hall–Kier alpha value is -3.16. The van der Waals surface area contributed by atoms with Crippen LogP contribution in [0.3, 0.4) is 0 Å². The number of nitrogens with zero attached hydrogens (tertiary/aromatic N) is 2. The monoisotopic (exact) mass is 406 g/mol. The van der Waals surface area contributed by atoms with Gasteiger partial charge in [-0.05, 0) is 36.8 Å². The van der Waals surface area contributed by atoms with Crippen LogP contribution in [0.4, 0.5) is 0 Å². The molecule has 0 spiro atoms. The van der Waals surface area contributed by atoms with E-state index < -0.39 is 11.7 Å². The van der Waals surface area contributed by atoms with Gasteiger partial charge in [0, 0.05) is 16.5 Å². The van der Waals surface area contributed by atoms with Crippen LogP contribution in [0.25, 0.3) is 22.3 Å². The van der Waals surface area contributed by atoms with Gasteiger partial charge in [-0.3, -0.25) is 4.79 Å². The molecule has 154 valence electrons. The third-order valence-electron chi connectivity index (χ3n) is 6.24. The van der Waals surface area contributed by atoms with Crippen LogP contribution in [0.15, 0.2) is 47.5 Å². The smallest absolute Gasteiger partial charge is 0.258 e. The summed E-state index contributed by atoms with van der Waals surface area (Å²) < 4.78 is 12.4. The zero-order chi connectivity index (χ0) is 21.2. The molecule has 2 aromatic heterocycles. The number of aliphatic hydroxyl groups excluding tert-OH is 1. The van der Waals surface area contributed by atoms with E-state index in [9.17, 15) is 15.0 Å². The number of hydrogen-bond acceptors (Lipinski definition) is 6. The van der Waals surface area contributed by atoms with E-state index in [1.54, 1.807) is 24.7 Å². The summed E-state index contributed by atoms with van der Waals surface area (Å²) in [6.07, 6.45) is -1.13. The molecule has 30 heavy (non-hydrogen) atoms. The molecule has 0 saturated heterocycles. The van der Waals surface area contributed by atoms with E-state index >= 15 is 0 Å². The van der Waals surface area contributed by atoms with Crippen molar-refractivity contribution in [3.05, 3.63) is 69.7 Å². The number of rotatable bonds is 2. The Morgan fingerprint density at radius 1 is 1.37 bits per heavy atom. The van der Waals surface area contributed by atoms with Gasteiger partial charge in [0.25, 0.3) is 5.56 Å². The van der Waals surface area contributed by atoms with Crippen LogP contribution < -0.4 is 10.3 Å². The largest absolute Gasteiger partial charge is 0.497 e. The minimum Gasteiger partial charge on any atom is -0.497 e. The second-order valence-corrected chi connectivity index (χ2v) is 7.80. The summed E-state index contributed by atoms with van der Waals surface area (Å²) in [4.78, 5) is 18.1. The van der Waals surface area contributed by atoms with Crippen molar-refractivity contribution in [2.75, 3.05) is 7.11 Å². The molecule has 3 aromatic rings. The topological polar surface area (TPSA) is 93.8 Å². The Morgan fingerprint density at radius 2 is 2.17 bits per heavy atom. The minimum absolute atomic E-state index is 0.0460. The third kappa shape index (κ3) is 2.45. The molecular formula is C23H22N2O5. The highest BCUT2D eigenvalue weighted by Gasteiger charge is 2.44. The number of methoxy groups -OCH3 is 1. The fraction of sp³-hybridized carbons (Fsp3) is 0.304. The van der Waals surface area contributed by atoms with Crippen LogP contribution >= 0.6 is 0 Å². The lowest BCUT2D eigenvalue weighted by Crippen LogP contribution is -2.41. The molecule has 5 rings (SSSR count). The third-order valence-corrected chi connectivity index (χ3v) is 6.24. The van der Waals surface area contributed by atoms with E-state index in [4.69, 9.17) is 14.5 Å². The highest BCUT2D eigenvalue weighted by Crippen LogP contribution is 2.40. The van der Waals surface area contributed by atoms with Crippen molar-refractivity contribution in [2.24, 2.45) is 0 Å². The first-order valence-electron chi connectivity index (χ1n) is 9.84.